The fraction of sp³-hybridized carbons (Fsp3) is 0.364. The molecule has 140 valence electrons. The lowest BCUT2D eigenvalue weighted by Crippen LogP contribution is -2.50. The lowest BCUT2D eigenvalue weighted by molar-refractivity contribution is -0.136. The van der Waals surface area contributed by atoms with Crippen LogP contribution in [0.2, 0.25) is 0 Å². The Balaban J connectivity index is 1.58. The van der Waals surface area contributed by atoms with Gasteiger partial charge in [-0.25, -0.2) is 4.79 Å². The highest BCUT2D eigenvalue weighted by Gasteiger charge is 2.34. The van der Waals surface area contributed by atoms with Gasteiger partial charge in [0.1, 0.15) is 0 Å². The minimum absolute atomic E-state index is 0.155. The molecule has 2 aromatic carbocycles. The van der Waals surface area contributed by atoms with Crippen LogP contribution in [0.3, 0.4) is 0 Å². The number of hydrogen-bond donors (Lipinski definition) is 1. The molecule has 0 radical (unpaired) electrons. The van der Waals surface area contributed by atoms with Crippen LogP contribution < -0.4 is 0 Å². The zero-order valence-electron chi connectivity index (χ0n) is 15.3. The number of carbonyl (C=O) groups is 2. The zero-order valence-corrected chi connectivity index (χ0v) is 15.3. The number of likely N-dealkylation sites (tertiary alicyclic amines) is 1. The number of carbonyl (C=O) groups excluding carboxylic acids is 1. The first-order valence-corrected chi connectivity index (χ1v) is 9.53. The number of hydrogen-bond acceptors (Lipinski definition) is 3. The molecule has 5 nitrogen and oxygen atoms in total. The van der Waals surface area contributed by atoms with Crippen LogP contribution >= 0.6 is 0 Å². The van der Waals surface area contributed by atoms with Crippen LogP contribution in [0.4, 0.5) is 0 Å². The maximum Gasteiger partial charge on any atom is 0.335 e. The van der Waals surface area contributed by atoms with Crippen LogP contribution in [-0.4, -0.2) is 45.9 Å². The molecule has 5 heteroatoms. The molecule has 0 aromatic heterocycles. The Bertz CT molecular complexity index is 841. The molecule has 2 aliphatic rings. The Hall–Kier alpha value is -2.66. The van der Waals surface area contributed by atoms with Crippen LogP contribution in [0.1, 0.15) is 39.9 Å². The molecule has 1 unspecified atom stereocenters. The van der Waals surface area contributed by atoms with E-state index in [1.165, 1.54) is 11.1 Å². The summed E-state index contributed by atoms with van der Waals surface area (Å²) in [6.45, 7) is 3.09. The van der Waals surface area contributed by atoms with E-state index in [9.17, 15) is 9.59 Å². The van der Waals surface area contributed by atoms with Gasteiger partial charge >= 0.3 is 5.97 Å². The molecule has 0 saturated carbocycles. The van der Waals surface area contributed by atoms with Crippen molar-refractivity contribution in [3.8, 4) is 0 Å². The first-order valence-electron chi connectivity index (χ1n) is 9.53. The fourth-order valence-corrected chi connectivity index (χ4v) is 4.12. The van der Waals surface area contributed by atoms with Gasteiger partial charge in [0, 0.05) is 26.2 Å². The minimum atomic E-state index is -0.921. The minimum Gasteiger partial charge on any atom is -0.478 e. The summed E-state index contributed by atoms with van der Waals surface area (Å²) in [4.78, 5) is 28.5. The highest BCUT2D eigenvalue weighted by Crippen LogP contribution is 2.27. The summed E-state index contributed by atoms with van der Waals surface area (Å²) in [5.74, 6) is -0.695. The van der Waals surface area contributed by atoms with Gasteiger partial charge in [-0.3, -0.25) is 9.69 Å². The number of rotatable bonds is 4. The second kappa shape index (κ2) is 7.53. The average molecular weight is 364 g/mol. The van der Waals surface area contributed by atoms with Gasteiger partial charge in [-0.05, 0) is 48.1 Å². The SMILES string of the molecule is O=C(O)c1ccc(CN2Cc3ccccc3CC2C(=O)N2CCCC2)cc1. The van der Waals surface area contributed by atoms with Gasteiger partial charge in [0.25, 0.3) is 0 Å². The molecule has 1 fully saturated rings. The highest BCUT2D eigenvalue weighted by atomic mass is 16.4. The largest absolute Gasteiger partial charge is 0.478 e. The van der Waals surface area contributed by atoms with E-state index >= 15 is 0 Å². The second-order valence-corrected chi connectivity index (χ2v) is 7.43. The Labute approximate surface area is 159 Å². The standard InChI is InChI=1S/C22H24N2O3/c25-21(23-11-3-4-12-23)20-13-18-5-1-2-6-19(18)15-24(20)14-16-7-9-17(10-8-16)22(26)27/h1-2,5-10,20H,3-4,11-15H2,(H,26,27). The van der Waals surface area contributed by atoms with Crippen molar-refractivity contribution in [2.75, 3.05) is 13.1 Å². The van der Waals surface area contributed by atoms with Gasteiger partial charge in [-0.1, -0.05) is 36.4 Å². The zero-order chi connectivity index (χ0) is 18.8. The van der Waals surface area contributed by atoms with E-state index in [0.29, 0.717) is 6.54 Å². The molecule has 2 aliphatic heterocycles. The van der Waals surface area contributed by atoms with E-state index < -0.39 is 5.97 Å². The Morgan fingerprint density at radius 2 is 1.63 bits per heavy atom. The van der Waals surface area contributed by atoms with Crippen molar-refractivity contribution in [3.63, 3.8) is 0 Å². The predicted octanol–water partition coefficient (Wildman–Crippen LogP) is 2.93. The van der Waals surface area contributed by atoms with Crippen LogP contribution in [-0.2, 0) is 24.3 Å². The van der Waals surface area contributed by atoms with Crippen molar-refractivity contribution in [1.82, 2.24) is 9.80 Å². The van der Waals surface area contributed by atoms with Gasteiger partial charge in [0.05, 0.1) is 11.6 Å². The number of benzene rings is 2. The van der Waals surface area contributed by atoms with Gasteiger partial charge in [0.15, 0.2) is 0 Å². The first-order chi connectivity index (χ1) is 13.1. The third kappa shape index (κ3) is 3.74. The van der Waals surface area contributed by atoms with Gasteiger partial charge in [-0.15, -0.1) is 0 Å². The average Bonchev–Trinajstić information content (AvgIpc) is 3.22. The normalized spacial score (nSPS) is 19.7. The first kappa shape index (κ1) is 17.7. The summed E-state index contributed by atoms with van der Waals surface area (Å²) in [6, 6.07) is 15.1. The number of carboxylic acid groups (broad SMARTS) is 1. The van der Waals surface area contributed by atoms with Crippen LogP contribution in [0, 0.1) is 0 Å². The van der Waals surface area contributed by atoms with Crippen molar-refractivity contribution in [2.24, 2.45) is 0 Å². The second-order valence-electron chi connectivity index (χ2n) is 7.43. The molecule has 2 aromatic rings. The Morgan fingerprint density at radius 3 is 2.30 bits per heavy atom. The number of carboxylic acids is 1. The summed E-state index contributed by atoms with van der Waals surface area (Å²) < 4.78 is 0. The van der Waals surface area contributed by atoms with Crippen LogP contribution in [0.5, 0.6) is 0 Å². The topological polar surface area (TPSA) is 60.9 Å². The van der Waals surface area contributed by atoms with E-state index in [-0.39, 0.29) is 17.5 Å². The van der Waals surface area contributed by atoms with E-state index in [1.54, 1.807) is 12.1 Å². The van der Waals surface area contributed by atoms with Gasteiger partial charge in [-0.2, -0.15) is 0 Å². The number of aromatic carboxylic acids is 1. The lowest BCUT2D eigenvalue weighted by Gasteiger charge is -2.38. The maximum atomic E-state index is 13.2. The van der Waals surface area contributed by atoms with E-state index in [0.717, 1.165) is 44.5 Å². The Kier molecular flexibility index (Phi) is 4.94. The molecular formula is C22H24N2O3. The maximum absolute atomic E-state index is 13.2. The smallest absolute Gasteiger partial charge is 0.335 e. The molecular weight excluding hydrogens is 340 g/mol. The predicted molar refractivity (Wildman–Crippen MR) is 102 cm³/mol. The monoisotopic (exact) mass is 364 g/mol. The van der Waals surface area contributed by atoms with Crippen LogP contribution in [0.25, 0.3) is 0 Å². The Morgan fingerprint density at radius 1 is 0.963 bits per heavy atom. The molecule has 1 amide bonds. The fourth-order valence-electron chi connectivity index (χ4n) is 4.12. The lowest BCUT2D eigenvalue weighted by atomic mass is 9.92. The van der Waals surface area contributed by atoms with Gasteiger partial charge < -0.3 is 10.0 Å². The summed E-state index contributed by atoms with van der Waals surface area (Å²) >= 11 is 0. The number of fused-ring (bicyclic) bond motifs is 1. The molecule has 1 atom stereocenters. The van der Waals surface area contributed by atoms with E-state index in [2.05, 4.69) is 17.0 Å². The highest BCUT2D eigenvalue weighted by molar-refractivity contribution is 5.87. The molecule has 27 heavy (non-hydrogen) atoms. The summed E-state index contributed by atoms with van der Waals surface area (Å²) in [7, 11) is 0. The third-order valence-electron chi connectivity index (χ3n) is 5.64. The number of nitrogens with zero attached hydrogens (tertiary/aromatic N) is 2. The molecule has 2 heterocycles. The summed E-state index contributed by atoms with van der Waals surface area (Å²) in [5.41, 5.74) is 3.84. The van der Waals surface area contributed by atoms with Crippen molar-refractivity contribution < 1.29 is 14.7 Å². The summed E-state index contributed by atoms with van der Waals surface area (Å²) in [6.07, 6.45) is 2.91. The molecule has 0 aliphatic carbocycles. The third-order valence-corrected chi connectivity index (χ3v) is 5.64. The van der Waals surface area contributed by atoms with Crippen molar-refractivity contribution >= 4 is 11.9 Å². The summed E-state index contributed by atoms with van der Waals surface area (Å²) in [5, 5.41) is 9.08. The van der Waals surface area contributed by atoms with Crippen molar-refractivity contribution in [3.05, 3.63) is 70.8 Å². The van der Waals surface area contributed by atoms with Crippen molar-refractivity contribution in [2.45, 2.75) is 38.4 Å². The molecule has 1 saturated heterocycles. The van der Waals surface area contributed by atoms with Gasteiger partial charge in [0.2, 0.25) is 5.91 Å². The van der Waals surface area contributed by atoms with Crippen LogP contribution in [0.15, 0.2) is 48.5 Å². The molecule has 0 bridgehead atoms. The quantitative estimate of drug-likeness (QED) is 0.906. The van der Waals surface area contributed by atoms with Crippen molar-refractivity contribution in [1.29, 1.82) is 0 Å². The van der Waals surface area contributed by atoms with E-state index in [1.807, 2.05) is 29.2 Å². The molecule has 0 spiro atoms. The molecule has 1 N–H and O–H groups in total. The molecule has 4 rings (SSSR count). The number of amides is 1. The van der Waals surface area contributed by atoms with E-state index in [4.69, 9.17) is 5.11 Å².